The second-order valence-corrected chi connectivity index (χ2v) is 10.0. The summed E-state index contributed by atoms with van der Waals surface area (Å²) in [4.78, 5) is 40.4. The normalized spacial score (nSPS) is 28.2. The third kappa shape index (κ3) is 3.52. The largest absolute Gasteiger partial charge is 0.508 e. The summed E-state index contributed by atoms with van der Waals surface area (Å²) in [5.74, 6) is -0.296. The van der Waals surface area contributed by atoms with E-state index in [2.05, 4.69) is 11.8 Å². The van der Waals surface area contributed by atoms with E-state index in [1.165, 1.54) is 11.0 Å². The minimum atomic E-state index is -2.64. The number of hydrogen-bond acceptors (Lipinski definition) is 8. The average Bonchev–Trinajstić information content (AvgIpc) is 2.80. The lowest BCUT2D eigenvalue weighted by atomic mass is 9.57. The number of carbonyl (C=O) groups excluding carboxylic acids is 3. The van der Waals surface area contributed by atoms with E-state index < -0.39 is 58.0 Å². The molecule has 1 amide bonds. The molecule has 3 aliphatic carbocycles. The number of primary amides is 1. The molecule has 4 rings (SSSR count). The molecular weight excluding hydrogens is 464 g/mol. The summed E-state index contributed by atoms with van der Waals surface area (Å²) in [5, 5.41) is 44.3. The molecule has 0 radical (unpaired) electrons. The predicted molar refractivity (Wildman–Crippen MR) is 131 cm³/mol. The zero-order valence-corrected chi connectivity index (χ0v) is 20.6. The van der Waals surface area contributed by atoms with Crippen LogP contribution in [0.2, 0.25) is 0 Å². The summed E-state index contributed by atoms with van der Waals surface area (Å²) in [6.07, 6.45) is 1.11. The fourth-order valence-electron chi connectivity index (χ4n) is 5.66. The van der Waals surface area contributed by atoms with Gasteiger partial charge >= 0.3 is 0 Å². The fraction of sp³-hybridized carbons (Fsp3) is 0.444. The Morgan fingerprint density at radius 2 is 1.92 bits per heavy atom. The lowest BCUT2D eigenvalue weighted by Gasteiger charge is -2.50. The van der Waals surface area contributed by atoms with Crippen LogP contribution in [0.4, 0.5) is 0 Å². The van der Waals surface area contributed by atoms with Gasteiger partial charge in [-0.15, -0.1) is 0 Å². The van der Waals surface area contributed by atoms with Crippen molar-refractivity contribution in [1.29, 1.82) is 0 Å². The van der Waals surface area contributed by atoms with Crippen LogP contribution >= 0.6 is 0 Å². The standard InChI is InChI=1S/C27H30N2O7/c1-5-12(2)6-7-13-8-9-17(30)19-15(13)10-14-11-16-21(29(3)4)23(32)20(26(28)35)25(34)27(16,36)24(33)18(14)22(19)31/h8-9,12,14,16,21,30-31,34,36H,5,10-11H2,1-4H3,(H2,28,35)/t12?,14-,16-,21-,27-/m1/s1. The monoisotopic (exact) mass is 494 g/mol. The Morgan fingerprint density at radius 3 is 2.50 bits per heavy atom. The van der Waals surface area contributed by atoms with Crippen molar-refractivity contribution in [3.05, 3.63) is 45.7 Å². The third-order valence-electron chi connectivity index (χ3n) is 7.67. The van der Waals surface area contributed by atoms with Gasteiger partial charge in [-0.25, -0.2) is 0 Å². The van der Waals surface area contributed by atoms with Crippen LogP contribution in [-0.2, 0) is 20.8 Å². The number of phenolic OH excluding ortho intramolecular Hbond substituents is 1. The van der Waals surface area contributed by atoms with Crippen LogP contribution in [-0.4, -0.2) is 68.5 Å². The van der Waals surface area contributed by atoms with Crippen LogP contribution in [0.3, 0.4) is 0 Å². The van der Waals surface area contributed by atoms with Crippen molar-refractivity contribution in [3.8, 4) is 17.6 Å². The van der Waals surface area contributed by atoms with Crippen LogP contribution in [0.1, 0.15) is 43.4 Å². The minimum Gasteiger partial charge on any atom is -0.508 e. The van der Waals surface area contributed by atoms with E-state index in [0.29, 0.717) is 11.1 Å². The quantitative estimate of drug-likeness (QED) is 0.311. The Hall–Kier alpha value is -3.61. The number of Topliss-reactive ketones (excluding diaryl/α,β-unsaturated/α-hetero) is 2. The molecule has 0 aliphatic heterocycles. The highest BCUT2D eigenvalue weighted by atomic mass is 16.3. The number of likely N-dealkylation sites (N-methyl/N-ethyl adjacent to an activating group) is 1. The van der Waals surface area contributed by atoms with Crippen LogP contribution in [0.15, 0.2) is 29.0 Å². The van der Waals surface area contributed by atoms with Crippen molar-refractivity contribution >= 4 is 23.2 Å². The summed E-state index contributed by atoms with van der Waals surface area (Å²) in [5.41, 5.74) is 2.89. The van der Waals surface area contributed by atoms with Gasteiger partial charge in [0.25, 0.3) is 5.91 Å². The Bertz CT molecular complexity index is 1310. The van der Waals surface area contributed by atoms with Gasteiger partial charge in [0.1, 0.15) is 22.8 Å². The number of nitrogens with two attached hydrogens (primary N) is 1. The van der Waals surface area contributed by atoms with Gasteiger partial charge in [0.05, 0.1) is 11.6 Å². The van der Waals surface area contributed by atoms with Gasteiger partial charge in [0.15, 0.2) is 11.4 Å². The van der Waals surface area contributed by atoms with Crippen LogP contribution < -0.4 is 5.73 Å². The third-order valence-corrected chi connectivity index (χ3v) is 7.67. The predicted octanol–water partition coefficient (Wildman–Crippen LogP) is 1.36. The number of aromatic hydroxyl groups is 1. The van der Waals surface area contributed by atoms with Crippen molar-refractivity contribution in [3.63, 3.8) is 0 Å². The number of benzene rings is 1. The molecule has 1 aromatic carbocycles. The van der Waals surface area contributed by atoms with E-state index in [0.717, 1.165) is 6.42 Å². The maximum absolute atomic E-state index is 13.8. The molecular formula is C27H30N2O7. The van der Waals surface area contributed by atoms with Crippen molar-refractivity contribution in [2.24, 2.45) is 23.5 Å². The van der Waals surface area contributed by atoms with Gasteiger partial charge in [0, 0.05) is 23.0 Å². The van der Waals surface area contributed by atoms with Crippen molar-refractivity contribution in [1.82, 2.24) is 4.90 Å². The van der Waals surface area contributed by atoms with E-state index in [-0.39, 0.29) is 35.6 Å². The van der Waals surface area contributed by atoms with E-state index >= 15 is 0 Å². The summed E-state index contributed by atoms with van der Waals surface area (Å²) in [6, 6.07) is 1.92. The first-order valence-corrected chi connectivity index (χ1v) is 11.9. The molecule has 9 nitrogen and oxygen atoms in total. The summed E-state index contributed by atoms with van der Waals surface area (Å²) in [7, 11) is 3.13. The molecule has 1 saturated carbocycles. The number of nitrogens with zero attached hydrogens (tertiary/aromatic N) is 1. The van der Waals surface area contributed by atoms with E-state index in [1.54, 1.807) is 20.2 Å². The van der Waals surface area contributed by atoms with Gasteiger partial charge in [-0.05, 0) is 57.0 Å². The van der Waals surface area contributed by atoms with Crippen LogP contribution in [0, 0.1) is 29.6 Å². The van der Waals surface area contributed by atoms with E-state index in [1.807, 2.05) is 13.8 Å². The number of aliphatic hydroxyl groups is 3. The average molecular weight is 495 g/mol. The number of carbonyl (C=O) groups is 3. The van der Waals surface area contributed by atoms with Crippen molar-refractivity contribution < 1.29 is 34.8 Å². The second kappa shape index (κ2) is 8.80. The molecule has 1 unspecified atom stereocenters. The SMILES string of the molecule is CCC(C)C#Cc1ccc(O)c2c1C[C@@H]1C[C@@H]3[C@@H](N(C)C)C(=O)C(C(N)=O)=C(O)[C@]3(O)C(=O)C1=C2O. The molecule has 36 heavy (non-hydrogen) atoms. The van der Waals surface area contributed by atoms with Gasteiger partial charge in [0.2, 0.25) is 5.78 Å². The van der Waals surface area contributed by atoms with Crippen molar-refractivity contribution in [2.75, 3.05) is 14.1 Å². The van der Waals surface area contributed by atoms with Crippen molar-refractivity contribution in [2.45, 2.75) is 44.8 Å². The molecule has 0 aromatic heterocycles. The second-order valence-electron chi connectivity index (χ2n) is 10.0. The number of rotatable bonds is 3. The number of hydrogen-bond donors (Lipinski definition) is 5. The minimum absolute atomic E-state index is 0.0413. The Labute approximate surface area is 208 Å². The molecule has 0 spiro atoms. The highest BCUT2D eigenvalue weighted by Gasteiger charge is 2.64. The van der Waals surface area contributed by atoms with Crippen LogP contribution in [0.5, 0.6) is 5.75 Å². The highest BCUT2D eigenvalue weighted by molar-refractivity contribution is 6.24. The number of phenols is 1. The number of ketones is 2. The molecule has 1 fully saturated rings. The number of fused-ring (bicyclic) bond motifs is 3. The molecule has 1 aromatic rings. The summed E-state index contributed by atoms with van der Waals surface area (Å²) >= 11 is 0. The maximum Gasteiger partial charge on any atom is 0.255 e. The molecule has 9 heteroatoms. The topological polar surface area (TPSA) is 161 Å². The fourth-order valence-corrected chi connectivity index (χ4v) is 5.66. The zero-order valence-electron chi connectivity index (χ0n) is 20.6. The van der Waals surface area contributed by atoms with Crippen LogP contribution in [0.25, 0.3) is 5.76 Å². The van der Waals surface area contributed by atoms with E-state index in [9.17, 15) is 34.8 Å². The Kier molecular flexibility index (Phi) is 6.23. The first-order valence-electron chi connectivity index (χ1n) is 11.9. The summed E-state index contributed by atoms with van der Waals surface area (Å²) < 4.78 is 0. The molecule has 0 heterocycles. The lowest BCUT2D eigenvalue weighted by molar-refractivity contribution is -0.153. The molecule has 0 bridgehead atoms. The molecule has 3 aliphatic rings. The molecule has 0 saturated heterocycles. The van der Waals surface area contributed by atoms with Gasteiger partial charge in [-0.2, -0.15) is 0 Å². The van der Waals surface area contributed by atoms with E-state index in [4.69, 9.17) is 5.73 Å². The lowest BCUT2D eigenvalue weighted by Crippen LogP contribution is -2.65. The molecule has 6 N–H and O–H groups in total. The van der Waals surface area contributed by atoms with Gasteiger partial charge in [-0.3, -0.25) is 19.3 Å². The molecule has 5 atom stereocenters. The Balaban J connectivity index is 1.95. The van der Waals surface area contributed by atoms with Gasteiger partial charge in [-0.1, -0.05) is 25.7 Å². The number of amides is 1. The maximum atomic E-state index is 13.8. The first-order chi connectivity index (χ1) is 16.9. The smallest absolute Gasteiger partial charge is 0.255 e. The number of aliphatic hydroxyl groups excluding tert-OH is 2. The molecule has 190 valence electrons. The Morgan fingerprint density at radius 1 is 1.25 bits per heavy atom. The zero-order chi connectivity index (χ0) is 26.7. The first kappa shape index (κ1) is 25.5. The highest BCUT2D eigenvalue weighted by Crippen LogP contribution is 2.52. The summed E-state index contributed by atoms with van der Waals surface area (Å²) in [6.45, 7) is 4.00. The van der Waals surface area contributed by atoms with Gasteiger partial charge < -0.3 is 26.2 Å².